The summed E-state index contributed by atoms with van der Waals surface area (Å²) in [6.07, 6.45) is 0. The summed E-state index contributed by atoms with van der Waals surface area (Å²) in [7, 11) is 0. The maximum atomic E-state index is 13.1. The normalized spacial score (nSPS) is 10.8. The van der Waals surface area contributed by atoms with E-state index < -0.39 is 0 Å². The maximum Gasteiger partial charge on any atom is 0.126 e. The zero-order valence-corrected chi connectivity index (χ0v) is 10.3. The standard InChI is InChI=1S/C11H11BrFN3/c1-6-4-7(2-3-8(6)13)10-11(12)16-9(5-14)15-10/h2-4H,5,14H2,1H3,(H,15,16). The van der Waals surface area contributed by atoms with Crippen LogP contribution in [0.4, 0.5) is 4.39 Å². The number of rotatable bonds is 2. The lowest BCUT2D eigenvalue weighted by Crippen LogP contribution is -1.97. The van der Waals surface area contributed by atoms with Gasteiger partial charge in [0.2, 0.25) is 0 Å². The molecular formula is C11H11BrFN3. The zero-order valence-electron chi connectivity index (χ0n) is 8.72. The number of aromatic nitrogens is 2. The number of aryl methyl sites for hydroxylation is 1. The first-order valence-corrected chi connectivity index (χ1v) is 5.62. The highest BCUT2D eigenvalue weighted by molar-refractivity contribution is 9.10. The van der Waals surface area contributed by atoms with Crippen LogP contribution in [0.2, 0.25) is 0 Å². The van der Waals surface area contributed by atoms with Crippen LogP contribution in [0.15, 0.2) is 22.8 Å². The maximum absolute atomic E-state index is 13.1. The third-order valence-corrected chi connectivity index (χ3v) is 2.91. The van der Waals surface area contributed by atoms with E-state index in [0.29, 0.717) is 17.9 Å². The molecule has 0 saturated carbocycles. The molecule has 5 heteroatoms. The van der Waals surface area contributed by atoms with E-state index in [2.05, 4.69) is 25.9 Å². The fraction of sp³-hybridized carbons (Fsp3) is 0.182. The SMILES string of the molecule is Cc1cc(-c2nc(CN)[nH]c2Br)ccc1F. The van der Waals surface area contributed by atoms with Crippen molar-refractivity contribution in [2.24, 2.45) is 5.73 Å². The van der Waals surface area contributed by atoms with E-state index in [1.54, 1.807) is 19.1 Å². The van der Waals surface area contributed by atoms with Crippen LogP contribution in [0, 0.1) is 12.7 Å². The van der Waals surface area contributed by atoms with Crippen molar-refractivity contribution in [2.45, 2.75) is 13.5 Å². The van der Waals surface area contributed by atoms with Crippen molar-refractivity contribution < 1.29 is 4.39 Å². The molecule has 2 rings (SSSR count). The van der Waals surface area contributed by atoms with Gasteiger partial charge in [0.25, 0.3) is 0 Å². The van der Waals surface area contributed by atoms with E-state index >= 15 is 0 Å². The highest BCUT2D eigenvalue weighted by Crippen LogP contribution is 2.27. The second kappa shape index (κ2) is 4.35. The Balaban J connectivity index is 2.49. The van der Waals surface area contributed by atoms with Crippen LogP contribution >= 0.6 is 15.9 Å². The predicted octanol–water partition coefficient (Wildman–Crippen LogP) is 2.75. The molecule has 0 aliphatic carbocycles. The number of benzene rings is 1. The Labute approximate surface area is 101 Å². The summed E-state index contributed by atoms with van der Waals surface area (Å²) in [5, 5.41) is 0. The number of imidazole rings is 1. The fourth-order valence-corrected chi connectivity index (χ4v) is 2.02. The van der Waals surface area contributed by atoms with E-state index in [-0.39, 0.29) is 5.82 Å². The second-order valence-corrected chi connectivity index (χ2v) is 4.31. The molecule has 2 aromatic rings. The van der Waals surface area contributed by atoms with Crippen molar-refractivity contribution in [3.63, 3.8) is 0 Å². The van der Waals surface area contributed by atoms with Gasteiger partial charge in [0.05, 0.1) is 6.54 Å². The van der Waals surface area contributed by atoms with Crippen LogP contribution in [0.25, 0.3) is 11.3 Å². The van der Waals surface area contributed by atoms with Gasteiger partial charge in [-0.25, -0.2) is 9.37 Å². The molecule has 1 aromatic carbocycles. The first kappa shape index (κ1) is 11.3. The molecule has 0 bridgehead atoms. The summed E-state index contributed by atoms with van der Waals surface area (Å²) in [6, 6.07) is 4.90. The lowest BCUT2D eigenvalue weighted by molar-refractivity contribution is 0.619. The van der Waals surface area contributed by atoms with Crippen molar-refractivity contribution in [1.29, 1.82) is 0 Å². The lowest BCUT2D eigenvalue weighted by Gasteiger charge is -2.00. The van der Waals surface area contributed by atoms with Crippen molar-refractivity contribution in [1.82, 2.24) is 9.97 Å². The zero-order chi connectivity index (χ0) is 11.7. The Morgan fingerprint density at radius 2 is 2.25 bits per heavy atom. The smallest absolute Gasteiger partial charge is 0.126 e. The van der Waals surface area contributed by atoms with Gasteiger partial charge in [0, 0.05) is 5.56 Å². The van der Waals surface area contributed by atoms with Crippen molar-refractivity contribution in [2.75, 3.05) is 0 Å². The summed E-state index contributed by atoms with van der Waals surface area (Å²) in [6.45, 7) is 2.07. The molecule has 0 fully saturated rings. The van der Waals surface area contributed by atoms with Crippen LogP contribution < -0.4 is 5.73 Å². The third kappa shape index (κ3) is 2.01. The molecule has 0 amide bonds. The molecule has 0 atom stereocenters. The minimum absolute atomic E-state index is 0.213. The van der Waals surface area contributed by atoms with E-state index in [9.17, 15) is 4.39 Å². The summed E-state index contributed by atoms with van der Waals surface area (Å²) in [4.78, 5) is 7.33. The predicted molar refractivity (Wildman–Crippen MR) is 64.3 cm³/mol. The van der Waals surface area contributed by atoms with Crippen molar-refractivity contribution in [3.05, 3.63) is 40.0 Å². The summed E-state index contributed by atoms with van der Waals surface area (Å²) < 4.78 is 13.9. The molecule has 84 valence electrons. The molecule has 0 unspecified atom stereocenters. The van der Waals surface area contributed by atoms with E-state index in [4.69, 9.17) is 5.73 Å². The Kier molecular flexibility index (Phi) is 3.07. The number of hydrogen-bond donors (Lipinski definition) is 2. The third-order valence-electron chi connectivity index (χ3n) is 2.33. The largest absolute Gasteiger partial charge is 0.335 e. The number of nitrogens with one attached hydrogen (secondary N) is 1. The summed E-state index contributed by atoms with van der Waals surface area (Å²) >= 11 is 3.37. The van der Waals surface area contributed by atoms with Gasteiger partial charge in [-0.1, -0.05) is 0 Å². The minimum atomic E-state index is -0.213. The summed E-state index contributed by atoms with van der Waals surface area (Å²) in [5.74, 6) is 0.485. The molecular weight excluding hydrogens is 273 g/mol. The van der Waals surface area contributed by atoms with Gasteiger partial charge in [-0.15, -0.1) is 0 Å². The van der Waals surface area contributed by atoms with Gasteiger partial charge < -0.3 is 10.7 Å². The average Bonchev–Trinajstić information content (AvgIpc) is 2.64. The quantitative estimate of drug-likeness (QED) is 0.891. The van der Waals surface area contributed by atoms with Crippen LogP contribution in [0.1, 0.15) is 11.4 Å². The molecule has 16 heavy (non-hydrogen) atoms. The summed E-state index contributed by atoms with van der Waals surface area (Å²) in [5.41, 5.74) is 7.70. The van der Waals surface area contributed by atoms with Gasteiger partial charge in [0.15, 0.2) is 0 Å². The number of halogens is 2. The molecule has 3 nitrogen and oxygen atoms in total. The molecule has 0 spiro atoms. The van der Waals surface area contributed by atoms with Crippen LogP contribution in [0.3, 0.4) is 0 Å². The van der Waals surface area contributed by atoms with Gasteiger partial charge in [-0.2, -0.15) is 0 Å². The van der Waals surface area contributed by atoms with Crippen LogP contribution in [0.5, 0.6) is 0 Å². The number of nitrogens with two attached hydrogens (primary N) is 1. The Bertz CT molecular complexity index is 522. The number of aromatic amines is 1. The average molecular weight is 284 g/mol. The van der Waals surface area contributed by atoms with Gasteiger partial charge in [-0.3, -0.25) is 0 Å². The molecule has 1 aromatic heterocycles. The Morgan fingerprint density at radius 3 is 2.81 bits per heavy atom. The van der Waals surface area contributed by atoms with E-state index in [1.807, 2.05) is 0 Å². The molecule has 0 aliphatic rings. The first-order valence-electron chi connectivity index (χ1n) is 4.83. The molecule has 0 saturated heterocycles. The van der Waals surface area contributed by atoms with E-state index in [1.165, 1.54) is 6.07 Å². The van der Waals surface area contributed by atoms with Crippen molar-refractivity contribution in [3.8, 4) is 11.3 Å². The molecule has 1 heterocycles. The van der Waals surface area contributed by atoms with Gasteiger partial charge in [0.1, 0.15) is 21.9 Å². The molecule has 3 N–H and O–H groups in total. The monoisotopic (exact) mass is 283 g/mol. The Hall–Kier alpha value is -1.20. The number of H-pyrrole nitrogens is 1. The topological polar surface area (TPSA) is 54.7 Å². The van der Waals surface area contributed by atoms with Gasteiger partial charge in [-0.05, 0) is 46.6 Å². The van der Waals surface area contributed by atoms with Gasteiger partial charge >= 0.3 is 0 Å². The molecule has 0 radical (unpaired) electrons. The lowest BCUT2D eigenvalue weighted by atomic mass is 10.1. The molecule has 0 aliphatic heterocycles. The first-order chi connectivity index (χ1) is 7.61. The minimum Gasteiger partial charge on any atom is -0.335 e. The fourth-order valence-electron chi connectivity index (χ4n) is 1.48. The number of hydrogen-bond acceptors (Lipinski definition) is 2. The second-order valence-electron chi connectivity index (χ2n) is 3.51. The Morgan fingerprint density at radius 1 is 1.50 bits per heavy atom. The van der Waals surface area contributed by atoms with Crippen molar-refractivity contribution >= 4 is 15.9 Å². The highest BCUT2D eigenvalue weighted by Gasteiger charge is 2.10. The van der Waals surface area contributed by atoms with E-state index in [0.717, 1.165) is 15.9 Å². The number of nitrogens with zero attached hydrogens (tertiary/aromatic N) is 1. The highest BCUT2D eigenvalue weighted by atomic mass is 79.9. The van der Waals surface area contributed by atoms with Crippen LogP contribution in [-0.4, -0.2) is 9.97 Å². The van der Waals surface area contributed by atoms with Crippen LogP contribution in [-0.2, 0) is 6.54 Å².